The highest BCUT2D eigenvalue weighted by Gasteiger charge is 2.05. The number of benzene rings is 2. The maximum Gasteiger partial charge on any atom is 0.138 e. The monoisotopic (exact) mass is 282 g/mol. The second-order valence-corrected chi connectivity index (χ2v) is 4.71. The fourth-order valence-electron chi connectivity index (χ4n) is 1.77. The van der Waals surface area contributed by atoms with E-state index in [1.54, 1.807) is 24.3 Å². The first-order chi connectivity index (χ1) is 9.63. The Labute approximate surface area is 122 Å². The van der Waals surface area contributed by atoms with E-state index in [9.17, 15) is 0 Å². The zero-order chi connectivity index (χ0) is 14.5. The number of rotatable bonds is 3. The topological polar surface area (TPSA) is 56.8 Å². The lowest BCUT2D eigenvalue weighted by atomic mass is 10.1. The molecule has 20 heavy (non-hydrogen) atoms. The first kappa shape index (κ1) is 13.9. The molecule has 0 aliphatic heterocycles. The lowest BCUT2D eigenvalue weighted by Crippen LogP contribution is -1.99. The molecular weight excluding hydrogens is 272 g/mol. The van der Waals surface area contributed by atoms with Gasteiger partial charge in [0, 0.05) is 0 Å². The zero-order valence-electron chi connectivity index (χ0n) is 10.9. The Hall–Kier alpha value is -2.49. The van der Waals surface area contributed by atoms with Gasteiger partial charge in [-0.25, -0.2) is 0 Å². The predicted molar refractivity (Wildman–Crippen MR) is 76.4 cm³/mol. The van der Waals surface area contributed by atoms with Crippen LogP contribution in [0.15, 0.2) is 36.4 Å². The molecule has 4 heteroatoms. The zero-order valence-corrected chi connectivity index (χ0v) is 11.6. The van der Waals surface area contributed by atoms with Gasteiger partial charge in [-0.1, -0.05) is 17.7 Å². The summed E-state index contributed by atoms with van der Waals surface area (Å²) in [6.07, 6.45) is 0. The van der Waals surface area contributed by atoms with Crippen LogP contribution in [0.25, 0.3) is 0 Å². The Bertz CT molecular complexity index is 663. The van der Waals surface area contributed by atoms with Crippen LogP contribution >= 0.6 is 11.6 Å². The fraction of sp³-hybridized carbons (Fsp3) is 0.125. The molecule has 0 heterocycles. The molecule has 0 spiro atoms. The van der Waals surface area contributed by atoms with Crippen LogP contribution in [0.2, 0.25) is 5.02 Å². The van der Waals surface area contributed by atoms with Crippen molar-refractivity contribution in [2.45, 2.75) is 13.5 Å². The molecule has 2 aromatic carbocycles. The summed E-state index contributed by atoms with van der Waals surface area (Å²) < 4.78 is 5.65. The van der Waals surface area contributed by atoms with Crippen LogP contribution in [0.5, 0.6) is 5.75 Å². The van der Waals surface area contributed by atoms with Gasteiger partial charge in [-0.3, -0.25) is 0 Å². The fourth-order valence-corrected chi connectivity index (χ4v) is 2.01. The summed E-state index contributed by atoms with van der Waals surface area (Å²) >= 11 is 6.04. The second kappa shape index (κ2) is 6.10. The lowest BCUT2D eigenvalue weighted by Gasteiger charge is -2.10. The predicted octanol–water partition coefficient (Wildman–Crippen LogP) is 3.97. The van der Waals surface area contributed by atoms with Crippen molar-refractivity contribution in [3.63, 3.8) is 0 Å². The molecule has 0 aliphatic rings. The summed E-state index contributed by atoms with van der Waals surface area (Å²) in [5.41, 5.74) is 3.11. The Kier molecular flexibility index (Phi) is 4.25. The highest BCUT2D eigenvalue weighted by Crippen LogP contribution is 2.26. The normalized spacial score (nSPS) is 9.60. The quantitative estimate of drug-likeness (QED) is 0.856. The summed E-state index contributed by atoms with van der Waals surface area (Å²) in [5.74, 6) is 0.537. The molecule has 0 bridgehead atoms. The van der Waals surface area contributed by atoms with E-state index in [1.165, 1.54) is 0 Å². The molecule has 0 atom stereocenters. The summed E-state index contributed by atoms with van der Waals surface area (Å²) in [5, 5.41) is 18.0. The molecule has 98 valence electrons. The van der Waals surface area contributed by atoms with Gasteiger partial charge in [-0.15, -0.1) is 0 Å². The number of hydrogen-bond donors (Lipinski definition) is 0. The Morgan fingerprint density at radius 1 is 1.05 bits per heavy atom. The highest BCUT2D eigenvalue weighted by atomic mass is 35.5. The first-order valence-corrected chi connectivity index (χ1v) is 6.34. The third-order valence-corrected chi connectivity index (χ3v) is 3.21. The number of halogens is 1. The van der Waals surface area contributed by atoms with Crippen molar-refractivity contribution in [2.75, 3.05) is 0 Å². The van der Waals surface area contributed by atoms with E-state index < -0.39 is 0 Å². The molecular formula is C16H11ClN2O. The van der Waals surface area contributed by atoms with Crippen LogP contribution in [0.4, 0.5) is 0 Å². The van der Waals surface area contributed by atoms with E-state index in [1.807, 2.05) is 25.1 Å². The van der Waals surface area contributed by atoms with Crippen LogP contribution in [0.1, 0.15) is 22.3 Å². The average Bonchev–Trinajstić information content (AvgIpc) is 2.46. The minimum Gasteiger partial charge on any atom is -0.487 e. The van der Waals surface area contributed by atoms with E-state index in [0.717, 1.165) is 11.1 Å². The van der Waals surface area contributed by atoms with Crippen LogP contribution in [0.3, 0.4) is 0 Å². The third-order valence-electron chi connectivity index (χ3n) is 2.92. The summed E-state index contributed by atoms with van der Waals surface area (Å²) in [6, 6.07) is 14.5. The smallest absolute Gasteiger partial charge is 0.138 e. The molecule has 0 saturated carbocycles. The minimum absolute atomic E-state index is 0.364. The number of hydrogen-bond acceptors (Lipinski definition) is 3. The van der Waals surface area contributed by atoms with Crippen molar-refractivity contribution in [3.8, 4) is 17.9 Å². The second-order valence-electron chi connectivity index (χ2n) is 4.30. The van der Waals surface area contributed by atoms with E-state index in [2.05, 4.69) is 6.07 Å². The van der Waals surface area contributed by atoms with Gasteiger partial charge in [0.15, 0.2) is 0 Å². The van der Waals surface area contributed by atoms with Crippen LogP contribution < -0.4 is 4.74 Å². The Morgan fingerprint density at radius 3 is 2.30 bits per heavy atom. The van der Waals surface area contributed by atoms with Gasteiger partial charge >= 0.3 is 0 Å². The molecule has 0 aliphatic carbocycles. The van der Waals surface area contributed by atoms with Crippen molar-refractivity contribution in [1.82, 2.24) is 0 Å². The first-order valence-electron chi connectivity index (χ1n) is 5.96. The van der Waals surface area contributed by atoms with Gasteiger partial charge in [0.05, 0.1) is 28.3 Å². The Balaban J connectivity index is 2.13. The van der Waals surface area contributed by atoms with Crippen LogP contribution in [-0.4, -0.2) is 0 Å². The minimum atomic E-state index is 0.364. The number of nitrogens with zero attached hydrogens (tertiary/aromatic N) is 2. The molecule has 0 fully saturated rings. The van der Waals surface area contributed by atoms with Gasteiger partial charge in [0.2, 0.25) is 0 Å². The molecule has 0 aromatic heterocycles. The molecule has 0 saturated heterocycles. The van der Waals surface area contributed by atoms with Gasteiger partial charge in [-0.2, -0.15) is 10.5 Å². The summed E-state index contributed by atoms with van der Waals surface area (Å²) in [7, 11) is 0. The number of ether oxygens (including phenoxy) is 1. The molecule has 2 rings (SSSR count). The SMILES string of the molecule is Cc1cc(C#N)ccc1COc1ccc(C#N)cc1Cl. The van der Waals surface area contributed by atoms with E-state index in [0.29, 0.717) is 28.5 Å². The van der Waals surface area contributed by atoms with Crippen molar-refractivity contribution in [2.24, 2.45) is 0 Å². The number of nitriles is 2. The maximum absolute atomic E-state index is 8.82. The van der Waals surface area contributed by atoms with Gasteiger partial charge < -0.3 is 4.74 Å². The molecule has 3 nitrogen and oxygen atoms in total. The molecule has 0 amide bonds. The van der Waals surface area contributed by atoms with Crippen molar-refractivity contribution in [1.29, 1.82) is 10.5 Å². The van der Waals surface area contributed by atoms with Crippen molar-refractivity contribution < 1.29 is 4.74 Å². The molecule has 0 radical (unpaired) electrons. The van der Waals surface area contributed by atoms with Gasteiger partial charge in [0.25, 0.3) is 0 Å². The van der Waals surface area contributed by atoms with Gasteiger partial charge in [0.1, 0.15) is 12.4 Å². The standard InChI is InChI=1S/C16H11ClN2O/c1-11-6-12(8-18)2-4-14(11)10-20-16-5-3-13(9-19)7-15(16)17/h2-7H,10H2,1H3. The van der Waals surface area contributed by atoms with E-state index >= 15 is 0 Å². The summed E-state index contributed by atoms with van der Waals surface area (Å²) in [4.78, 5) is 0. The number of aryl methyl sites for hydroxylation is 1. The van der Waals surface area contributed by atoms with E-state index in [4.69, 9.17) is 26.9 Å². The van der Waals surface area contributed by atoms with Crippen LogP contribution in [-0.2, 0) is 6.61 Å². The summed E-state index contributed by atoms with van der Waals surface area (Å²) in [6.45, 7) is 2.29. The van der Waals surface area contributed by atoms with E-state index in [-0.39, 0.29) is 0 Å². The molecule has 2 aromatic rings. The van der Waals surface area contributed by atoms with Crippen molar-refractivity contribution in [3.05, 3.63) is 63.7 Å². The average molecular weight is 283 g/mol. The van der Waals surface area contributed by atoms with Crippen LogP contribution in [0, 0.1) is 29.6 Å². The van der Waals surface area contributed by atoms with Crippen molar-refractivity contribution >= 4 is 11.6 Å². The Morgan fingerprint density at radius 2 is 1.70 bits per heavy atom. The largest absolute Gasteiger partial charge is 0.487 e. The third kappa shape index (κ3) is 3.09. The highest BCUT2D eigenvalue weighted by molar-refractivity contribution is 6.32. The maximum atomic E-state index is 8.82. The lowest BCUT2D eigenvalue weighted by molar-refractivity contribution is 0.305. The molecule has 0 N–H and O–H groups in total. The van der Waals surface area contributed by atoms with Gasteiger partial charge in [-0.05, 0) is 48.4 Å². The molecule has 0 unspecified atom stereocenters.